The molecule has 0 aromatic carbocycles. The minimum Gasteiger partial charge on any atom is -0.467 e. The Balaban J connectivity index is 1.78. The Kier molecular flexibility index (Phi) is 6.82. The first kappa shape index (κ1) is 18.5. The van der Waals surface area contributed by atoms with Gasteiger partial charge in [0.2, 0.25) is 5.88 Å². The van der Waals surface area contributed by atoms with Gasteiger partial charge in [0, 0.05) is 18.3 Å². The summed E-state index contributed by atoms with van der Waals surface area (Å²) in [4.78, 5) is 29.4. The third-order valence-electron chi connectivity index (χ3n) is 5.04. The number of rotatable bonds is 7. The van der Waals surface area contributed by atoms with Crippen LogP contribution in [0.15, 0.2) is 11.0 Å². The van der Waals surface area contributed by atoms with Crippen molar-refractivity contribution in [3.8, 4) is 5.88 Å². The first-order valence-electron chi connectivity index (χ1n) is 8.97. The van der Waals surface area contributed by atoms with Crippen molar-refractivity contribution in [1.82, 2.24) is 15.3 Å². The van der Waals surface area contributed by atoms with E-state index in [2.05, 4.69) is 29.1 Å². The van der Waals surface area contributed by atoms with Gasteiger partial charge in [0.25, 0.3) is 5.91 Å². The molecule has 1 aromatic rings. The Morgan fingerprint density at radius 3 is 2.50 bits per heavy atom. The van der Waals surface area contributed by atoms with Gasteiger partial charge < -0.3 is 15.0 Å². The molecular formula is C18H29N3O3. The first-order valence-corrected chi connectivity index (χ1v) is 8.97. The lowest BCUT2D eigenvalue weighted by Gasteiger charge is -2.34. The molecule has 0 radical (unpaired) electrons. The standard InChI is InChI=1S/C18H29N3O3/c1-4-13-6-14(5-2)8-15(7-13)10-19-16(22)11-24-17-12(3)9-20-18(23)21-17/h9,13-15H,4-8,10-11H2,1-3H3,(H,19,22)(H,20,21,23). The van der Waals surface area contributed by atoms with Gasteiger partial charge in [-0.05, 0) is 43.9 Å². The van der Waals surface area contributed by atoms with Gasteiger partial charge in [-0.1, -0.05) is 26.7 Å². The van der Waals surface area contributed by atoms with Crippen LogP contribution >= 0.6 is 0 Å². The molecule has 1 heterocycles. The minimum absolute atomic E-state index is 0.113. The Bertz CT molecular complexity index is 587. The van der Waals surface area contributed by atoms with E-state index in [9.17, 15) is 9.59 Å². The normalized spacial score (nSPS) is 23.7. The average molecular weight is 335 g/mol. The van der Waals surface area contributed by atoms with Crippen LogP contribution in [0.1, 0.15) is 51.5 Å². The van der Waals surface area contributed by atoms with Gasteiger partial charge in [-0.25, -0.2) is 4.79 Å². The Morgan fingerprint density at radius 2 is 1.88 bits per heavy atom. The maximum Gasteiger partial charge on any atom is 0.348 e. The highest BCUT2D eigenvalue weighted by Crippen LogP contribution is 2.36. The van der Waals surface area contributed by atoms with Gasteiger partial charge in [-0.2, -0.15) is 4.98 Å². The molecule has 2 N–H and O–H groups in total. The molecule has 134 valence electrons. The van der Waals surface area contributed by atoms with Gasteiger partial charge in [-0.3, -0.25) is 4.79 Å². The minimum atomic E-state index is -0.477. The quantitative estimate of drug-likeness (QED) is 0.801. The summed E-state index contributed by atoms with van der Waals surface area (Å²) in [6.07, 6.45) is 7.69. The monoisotopic (exact) mass is 335 g/mol. The zero-order valence-electron chi connectivity index (χ0n) is 14.9. The molecule has 1 aromatic heterocycles. The number of nitrogens with one attached hydrogen (secondary N) is 2. The first-order chi connectivity index (χ1) is 11.5. The molecule has 1 aliphatic carbocycles. The Hall–Kier alpha value is -1.85. The predicted molar refractivity (Wildman–Crippen MR) is 93.0 cm³/mol. The summed E-state index contributed by atoms with van der Waals surface area (Å²) in [5, 5.41) is 2.97. The number of amides is 1. The number of ether oxygens (including phenoxy) is 1. The molecule has 0 bridgehead atoms. The predicted octanol–water partition coefficient (Wildman–Crippen LogP) is 2.43. The van der Waals surface area contributed by atoms with Crippen LogP contribution in [0, 0.1) is 24.7 Å². The third kappa shape index (κ3) is 5.35. The summed E-state index contributed by atoms with van der Waals surface area (Å²) in [6.45, 7) is 6.87. The number of H-pyrrole nitrogens is 1. The smallest absolute Gasteiger partial charge is 0.348 e. The summed E-state index contributed by atoms with van der Waals surface area (Å²) in [5.74, 6) is 2.17. The van der Waals surface area contributed by atoms with Crippen LogP contribution < -0.4 is 15.7 Å². The van der Waals surface area contributed by atoms with Crippen LogP contribution in [0.3, 0.4) is 0 Å². The Labute approximate surface area is 143 Å². The summed E-state index contributed by atoms with van der Waals surface area (Å²) in [6, 6.07) is 0. The molecule has 24 heavy (non-hydrogen) atoms. The van der Waals surface area contributed by atoms with Crippen molar-refractivity contribution < 1.29 is 9.53 Å². The molecule has 1 amide bonds. The van der Waals surface area contributed by atoms with Crippen LogP contribution in [-0.2, 0) is 4.79 Å². The molecule has 2 unspecified atom stereocenters. The second-order valence-electron chi connectivity index (χ2n) is 6.91. The molecule has 6 nitrogen and oxygen atoms in total. The zero-order valence-corrected chi connectivity index (χ0v) is 14.9. The highest BCUT2D eigenvalue weighted by Gasteiger charge is 2.27. The fraction of sp³-hybridized carbons (Fsp3) is 0.722. The summed E-state index contributed by atoms with van der Waals surface area (Å²) >= 11 is 0. The van der Waals surface area contributed by atoms with Gasteiger partial charge in [0.05, 0.1) is 0 Å². The number of carbonyl (C=O) groups excluding carboxylic acids is 1. The van der Waals surface area contributed by atoms with Gasteiger partial charge in [0.1, 0.15) is 0 Å². The van der Waals surface area contributed by atoms with Crippen LogP contribution in [0.5, 0.6) is 5.88 Å². The topological polar surface area (TPSA) is 84.1 Å². The van der Waals surface area contributed by atoms with Gasteiger partial charge in [0.15, 0.2) is 6.61 Å². The SMILES string of the molecule is CCC1CC(CC)CC(CNC(=O)COc2nc(=O)[nH]cc2C)C1. The van der Waals surface area contributed by atoms with Crippen molar-refractivity contribution >= 4 is 5.91 Å². The lowest BCUT2D eigenvalue weighted by atomic mass is 9.73. The third-order valence-corrected chi connectivity index (χ3v) is 5.04. The highest BCUT2D eigenvalue weighted by atomic mass is 16.5. The van der Waals surface area contributed by atoms with Crippen molar-refractivity contribution in [3.05, 3.63) is 22.2 Å². The molecule has 1 aliphatic rings. The number of carbonyl (C=O) groups is 1. The van der Waals surface area contributed by atoms with Gasteiger partial charge >= 0.3 is 5.69 Å². The van der Waals surface area contributed by atoms with Crippen LogP contribution in [0.2, 0.25) is 0 Å². The van der Waals surface area contributed by atoms with E-state index >= 15 is 0 Å². The van der Waals surface area contributed by atoms with Crippen molar-refractivity contribution in [3.63, 3.8) is 0 Å². The molecule has 1 fully saturated rings. The fourth-order valence-electron chi connectivity index (χ4n) is 3.57. The lowest BCUT2D eigenvalue weighted by Crippen LogP contribution is -2.36. The molecule has 0 aliphatic heterocycles. The van der Waals surface area contributed by atoms with Crippen LogP contribution in [-0.4, -0.2) is 29.0 Å². The van der Waals surface area contributed by atoms with E-state index in [-0.39, 0.29) is 18.4 Å². The van der Waals surface area contributed by atoms with Crippen molar-refractivity contribution in [1.29, 1.82) is 0 Å². The van der Waals surface area contributed by atoms with E-state index in [0.717, 1.165) is 11.8 Å². The van der Waals surface area contributed by atoms with Crippen LogP contribution in [0.4, 0.5) is 0 Å². The summed E-state index contributed by atoms with van der Waals surface area (Å²) < 4.78 is 5.36. The van der Waals surface area contributed by atoms with Gasteiger partial charge in [-0.15, -0.1) is 0 Å². The van der Waals surface area contributed by atoms with Crippen molar-refractivity contribution in [2.75, 3.05) is 13.2 Å². The number of aromatic amines is 1. The Morgan fingerprint density at radius 1 is 1.25 bits per heavy atom. The lowest BCUT2D eigenvalue weighted by molar-refractivity contribution is -0.123. The maximum absolute atomic E-state index is 12.0. The van der Waals surface area contributed by atoms with E-state index in [1.807, 2.05) is 0 Å². The van der Waals surface area contributed by atoms with Crippen LogP contribution in [0.25, 0.3) is 0 Å². The second-order valence-corrected chi connectivity index (χ2v) is 6.91. The number of nitrogens with zero attached hydrogens (tertiary/aromatic N) is 1. The van der Waals surface area contributed by atoms with Crippen molar-refractivity contribution in [2.24, 2.45) is 17.8 Å². The second kappa shape index (κ2) is 8.85. The number of aryl methyl sites for hydroxylation is 1. The molecule has 1 saturated carbocycles. The van der Waals surface area contributed by atoms with E-state index in [0.29, 0.717) is 18.0 Å². The summed E-state index contributed by atoms with van der Waals surface area (Å²) in [7, 11) is 0. The van der Waals surface area contributed by atoms with Crippen molar-refractivity contribution in [2.45, 2.75) is 52.9 Å². The number of hydrogen-bond acceptors (Lipinski definition) is 4. The molecule has 2 rings (SSSR count). The molecule has 0 spiro atoms. The zero-order chi connectivity index (χ0) is 17.5. The molecule has 6 heteroatoms. The highest BCUT2D eigenvalue weighted by molar-refractivity contribution is 5.77. The van der Waals surface area contributed by atoms with E-state index in [1.54, 1.807) is 6.92 Å². The molecule has 0 saturated heterocycles. The van der Waals surface area contributed by atoms with E-state index < -0.39 is 5.69 Å². The number of hydrogen-bond donors (Lipinski definition) is 2. The number of aromatic nitrogens is 2. The van der Waals surface area contributed by atoms with E-state index in [4.69, 9.17) is 4.74 Å². The maximum atomic E-state index is 12.0. The fourth-order valence-corrected chi connectivity index (χ4v) is 3.57. The molecular weight excluding hydrogens is 306 g/mol. The summed E-state index contributed by atoms with van der Waals surface area (Å²) in [5.41, 5.74) is 0.223. The molecule has 2 atom stereocenters. The van der Waals surface area contributed by atoms with E-state index in [1.165, 1.54) is 38.3 Å². The largest absolute Gasteiger partial charge is 0.467 e. The average Bonchev–Trinajstić information content (AvgIpc) is 2.60.